The number of alkyl halides is 1. The minimum absolute atomic E-state index is 0.0653. The van der Waals surface area contributed by atoms with E-state index in [1.807, 2.05) is 55.5 Å². The van der Waals surface area contributed by atoms with Gasteiger partial charge >= 0.3 is 5.97 Å². The fourth-order valence-electron chi connectivity index (χ4n) is 4.96. The molecule has 3 fully saturated rings. The third-order valence-electron chi connectivity index (χ3n) is 6.27. The van der Waals surface area contributed by atoms with Crippen LogP contribution in [0.25, 0.3) is 0 Å². The van der Waals surface area contributed by atoms with Gasteiger partial charge in [0.1, 0.15) is 17.6 Å². The van der Waals surface area contributed by atoms with E-state index < -0.39 is 0 Å². The molecule has 2 aliphatic carbocycles. The first-order valence-corrected chi connectivity index (χ1v) is 10.4. The number of hydrogen-bond acceptors (Lipinski definition) is 4. The maximum absolute atomic E-state index is 12.9. The molecule has 0 unspecified atom stereocenters. The molecular formula is C22H20BrNO4. The van der Waals surface area contributed by atoms with Crippen LogP contribution in [0.5, 0.6) is 11.5 Å². The van der Waals surface area contributed by atoms with E-state index in [9.17, 15) is 9.59 Å². The highest BCUT2D eigenvalue weighted by Gasteiger charge is 2.67. The number of benzene rings is 2. The lowest BCUT2D eigenvalue weighted by molar-refractivity contribution is -0.145. The fraction of sp³-hybridized carbons (Fsp3) is 0.364. The summed E-state index contributed by atoms with van der Waals surface area (Å²) in [6.45, 7) is 2.00. The number of carbonyl (C=O) groups excluding carboxylic acids is 2. The van der Waals surface area contributed by atoms with E-state index in [1.54, 1.807) is 0 Å². The third-order valence-corrected chi connectivity index (χ3v) is 7.47. The highest BCUT2D eigenvalue weighted by Crippen LogP contribution is 2.60. The summed E-state index contributed by atoms with van der Waals surface area (Å²) >= 11 is 3.64. The number of rotatable bonds is 4. The first kappa shape index (κ1) is 17.7. The van der Waals surface area contributed by atoms with Crippen molar-refractivity contribution in [3.05, 3.63) is 54.1 Å². The quantitative estimate of drug-likeness (QED) is 0.567. The number of anilines is 1. The van der Waals surface area contributed by atoms with Gasteiger partial charge < -0.3 is 14.8 Å². The standard InChI is InChI=1S/C22H20BrNO4/c1-11-4-2-3-5-16(11)27-13-8-6-12(7-9-13)24-21(25)17-14-10-15-18(17)22(26)28-20(15)19(14)23/h2-9,14-15,17-20H,10H2,1H3,(H,24,25)/t14-,15-,17+,18+,19-,20+/m1/s1. The highest BCUT2D eigenvalue weighted by atomic mass is 79.9. The summed E-state index contributed by atoms with van der Waals surface area (Å²) in [5.74, 6) is 0.871. The summed E-state index contributed by atoms with van der Waals surface area (Å²) in [7, 11) is 0. The Hall–Kier alpha value is -2.34. The van der Waals surface area contributed by atoms with E-state index in [-0.39, 0.29) is 46.5 Å². The molecule has 2 saturated carbocycles. The lowest BCUT2D eigenvalue weighted by Gasteiger charge is -2.27. The maximum atomic E-state index is 12.9. The van der Waals surface area contributed by atoms with Gasteiger partial charge in [-0.05, 0) is 55.2 Å². The van der Waals surface area contributed by atoms with Crippen molar-refractivity contribution in [2.75, 3.05) is 5.32 Å². The van der Waals surface area contributed by atoms with Gasteiger partial charge in [-0.25, -0.2) is 0 Å². The molecule has 5 rings (SSSR count). The molecule has 1 aliphatic heterocycles. The largest absolute Gasteiger partial charge is 0.461 e. The van der Waals surface area contributed by atoms with Crippen molar-refractivity contribution in [2.24, 2.45) is 23.7 Å². The van der Waals surface area contributed by atoms with Gasteiger partial charge in [0.05, 0.1) is 16.7 Å². The smallest absolute Gasteiger partial charge is 0.310 e. The topological polar surface area (TPSA) is 64.6 Å². The van der Waals surface area contributed by atoms with Gasteiger partial charge in [-0.2, -0.15) is 0 Å². The third kappa shape index (κ3) is 2.73. The number of ether oxygens (including phenoxy) is 2. The number of esters is 1. The molecule has 0 spiro atoms. The molecule has 1 saturated heterocycles. The van der Waals surface area contributed by atoms with Crippen molar-refractivity contribution in [2.45, 2.75) is 24.3 Å². The molecule has 5 nitrogen and oxygen atoms in total. The number of para-hydroxylation sites is 1. The van der Waals surface area contributed by atoms with Gasteiger partial charge in [0.2, 0.25) is 5.91 Å². The van der Waals surface area contributed by atoms with Crippen molar-refractivity contribution in [3.63, 3.8) is 0 Å². The Balaban J connectivity index is 1.28. The first-order valence-electron chi connectivity index (χ1n) is 9.52. The van der Waals surface area contributed by atoms with Crippen LogP contribution in [-0.2, 0) is 14.3 Å². The number of nitrogens with one attached hydrogen (secondary N) is 1. The summed E-state index contributed by atoms with van der Waals surface area (Å²) in [4.78, 5) is 25.2. The Kier molecular flexibility index (Phi) is 4.19. The van der Waals surface area contributed by atoms with Crippen LogP contribution in [0, 0.1) is 30.6 Å². The molecular weight excluding hydrogens is 422 g/mol. The van der Waals surface area contributed by atoms with Crippen LogP contribution in [0.4, 0.5) is 5.69 Å². The molecule has 1 N–H and O–H groups in total. The van der Waals surface area contributed by atoms with Crippen LogP contribution in [0.1, 0.15) is 12.0 Å². The zero-order chi connectivity index (χ0) is 19.4. The number of halogens is 1. The summed E-state index contributed by atoms with van der Waals surface area (Å²) < 4.78 is 11.4. The summed E-state index contributed by atoms with van der Waals surface area (Å²) in [5.41, 5.74) is 1.75. The number of aryl methyl sites for hydroxylation is 1. The molecule has 6 heteroatoms. The molecule has 1 heterocycles. The van der Waals surface area contributed by atoms with E-state index in [2.05, 4.69) is 21.2 Å². The van der Waals surface area contributed by atoms with Crippen molar-refractivity contribution >= 4 is 33.5 Å². The van der Waals surface area contributed by atoms with E-state index in [0.29, 0.717) is 11.4 Å². The normalized spacial score (nSPS) is 32.3. The Morgan fingerprint density at radius 2 is 1.89 bits per heavy atom. The summed E-state index contributed by atoms with van der Waals surface area (Å²) in [5, 5.41) is 2.97. The van der Waals surface area contributed by atoms with Crippen LogP contribution >= 0.6 is 15.9 Å². The fourth-order valence-corrected chi connectivity index (χ4v) is 6.00. The van der Waals surface area contributed by atoms with E-state index in [0.717, 1.165) is 17.7 Å². The second-order valence-electron chi connectivity index (χ2n) is 7.84. The molecule has 6 atom stereocenters. The first-order chi connectivity index (χ1) is 13.5. The average molecular weight is 442 g/mol. The van der Waals surface area contributed by atoms with Crippen LogP contribution in [0.15, 0.2) is 48.5 Å². The second kappa shape index (κ2) is 6.62. The van der Waals surface area contributed by atoms with Crippen molar-refractivity contribution < 1.29 is 19.1 Å². The van der Waals surface area contributed by atoms with Crippen LogP contribution in [0.2, 0.25) is 0 Å². The molecule has 28 heavy (non-hydrogen) atoms. The SMILES string of the molecule is Cc1ccccc1Oc1ccc(NC(=O)[C@H]2[C@H]3C[C@H]4[C@H](OC(=O)[C@@H]42)[C@@H]3Br)cc1. The highest BCUT2D eigenvalue weighted by molar-refractivity contribution is 9.09. The maximum Gasteiger partial charge on any atom is 0.310 e. The predicted molar refractivity (Wildman–Crippen MR) is 107 cm³/mol. The zero-order valence-corrected chi connectivity index (χ0v) is 16.9. The number of amides is 1. The Morgan fingerprint density at radius 3 is 2.64 bits per heavy atom. The Labute approximate surface area is 171 Å². The van der Waals surface area contributed by atoms with Gasteiger partial charge in [0.25, 0.3) is 0 Å². The molecule has 144 valence electrons. The molecule has 3 aliphatic rings. The van der Waals surface area contributed by atoms with E-state index in [1.165, 1.54) is 0 Å². The lowest BCUT2D eigenvalue weighted by Crippen LogP contribution is -2.40. The van der Waals surface area contributed by atoms with Gasteiger partial charge in [-0.3, -0.25) is 9.59 Å². The molecule has 2 aromatic carbocycles. The zero-order valence-electron chi connectivity index (χ0n) is 15.3. The van der Waals surface area contributed by atoms with Gasteiger partial charge in [-0.15, -0.1) is 0 Å². The predicted octanol–water partition coefficient (Wildman–Crippen LogP) is 4.30. The number of carbonyl (C=O) groups is 2. The molecule has 2 bridgehead atoms. The van der Waals surface area contributed by atoms with Gasteiger partial charge in [-0.1, -0.05) is 34.1 Å². The van der Waals surface area contributed by atoms with Gasteiger partial charge in [0.15, 0.2) is 0 Å². The molecule has 1 amide bonds. The molecule has 2 aromatic rings. The average Bonchev–Trinajstić information content (AvgIpc) is 3.29. The lowest BCUT2D eigenvalue weighted by atomic mass is 9.79. The van der Waals surface area contributed by atoms with Crippen molar-refractivity contribution in [3.8, 4) is 11.5 Å². The Morgan fingerprint density at radius 1 is 1.14 bits per heavy atom. The van der Waals surface area contributed by atoms with Crippen LogP contribution in [0.3, 0.4) is 0 Å². The van der Waals surface area contributed by atoms with Crippen molar-refractivity contribution in [1.82, 2.24) is 0 Å². The minimum Gasteiger partial charge on any atom is -0.461 e. The second-order valence-corrected chi connectivity index (χ2v) is 8.90. The van der Waals surface area contributed by atoms with Crippen LogP contribution in [-0.4, -0.2) is 22.8 Å². The number of fused-ring (bicyclic) bond motifs is 1. The minimum atomic E-state index is -0.330. The Bertz CT molecular complexity index is 944. The summed E-state index contributed by atoms with van der Waals surface area (Å²) in [6, 6.07) is 15.1. The molecule has 0 radical (unpaired) electrons. The monoisotopic (exact) mass is 441 g/mol. The number of hydrogen-bond donors (Lipinski definition) is 1. The van der Waals surface area contributed by atoms with Crippen LogP contribution < -0.4 is 10.1 Å². The van der Waals surface area contributed by atoms with Gasteiger partial charge in [0, 0.05) is 11.6 Å². The van der Waals surface area contributed by atoms with E-state index >= 15 is 0 Å². The van der Waals surface area contributed by atoms with E-state index in [4.69, 9.17) is 9.47 Å². The van der Waals surface area contributed by atoms with Crippen molar-refractivity contribution in [1.29, 1.82) is 0 Å². The summed E-state index contributed by atoms with van der Waals surface area (Å²) in [6.07, 6.45) is 0.808. The molecule has 0 aromatic heterocycles.